The molecule has 90 valence electrons. The van der Waals surface area contributed by atoms with E-state index in [1.54, 1.807) is 0 Å². The average Bonchev–Trinajstić information content (AvgIpc) is 2.78. The molecular weight excluding hydrogens is 235 g/mol. The minimum Gasteiger partial charge on any atom is -0.363 e. The van der Waals surface area contributed by atoms with Gasteiger partial charge in [0.05, 0.1) is 12.1 Å². The standard InChI is InChI=1S/C9H8F3N5/c10-9(11,12)6-1-2-13-7(3-6)14-4-8-15-5-16-17-8/h1-3,5H,4H2,(H,13,14)(H,15,16,17). The van der Waals surface area contributed by atoms with Gasteiger partial charge in [-0.3, -0.25) is 5.10 Å². The number of anilines is 1. The molecule has 8 heteroatoms. The lowest BCUT2D eigenvalue weighted by atomic mass is 10.2. The lowest BCUT2D eigenvalue weighted by Gasteiger charge is -2.08. The largest absolute Gasteiger partial charge is 0.416 e. The van der Waals surface area contributed by atoms with E-state index in [2.05, 4.69) is 25.5 Å². The number of alkyl halides is 3. The summed E-state index contributed by atoms with van der Waals surface area (Å²) in [5.41, 5.74) is -0.743. The Labute approximate surface area is 94.1 Å². The van der Waals surface area contributed by atoms with Crippen molar-refractivity contribution in [3.8, 4) is 0 Å². The Hall–Kier alpha value is -2.12. The van der Waals surface area contributed by atoms with Crippen molar-refractivity contribution in [2.24, 2.45) is 0 Å². The van der Waals surface area contributed by atoms with Gasteiger partial charge in [0.2, 0.25) is 0 Å². The fraction of sp³-hybridized carbons (Fsp3) is 0.222. The van der Waals surface area contributed by atoms with Gasteiger partial charge in [-0.1, -0.05) is 0 Å². The van der Waals surface area contributed by atoms with E-state index in [0.29, 0.717) is 5.82 Å². The highest BCUT2D eigenvalue weighted by Crippen LogP contribution is 2.29. The Morgan fingerprint density at radius 3 is 2.76 bits per heavy atom. The number of hydrogen-bond acceptors (Lipinski definition) is 4. The monoisotopic (exact) mass is 243 g/mol. The van der Waals surface area contributed by atoms with Crippen molar-refractivity contribution >= 4 is 5.82 Å². The molecule has 0 radical (unpaired) electrons. The van der Waals surface area contributed by atoms with Crippen LogP contribution in [-0.4, -0.2) is 20.2 Å². The fourth-order valence-corrected chi connectivity index (χ4v) is 1.19. The van der Waals surface area contributed by atoms with Gasteiger partial charge in [-0.05, 0) is 12.1 Å². The zero-order chi connectivity index (χ0) is 12.3. The molecule has 0 amide bonds. The van der Waals surface area contributed by atoms with Crippen LogP contribution in [0.2, 0.25) is 0 Å². The molecule has 17 heavy (non-hydrogen) atoms. The highest BCUT2D eigenvalue weighted by molar-refractivity contribution is 5.38. The Bertz CT molecular complexity index is 480. The van der Waals surface area contributed by atoms with Crippen molar-refractivity contribution in [2.45, 2.75) is 12.7 Å². The first kappa shape index (κ1) is 11.4. The number of H-pyrrole nitrogens is 1. The van der Waals surface area contributed by atoms with Crippen LogP contribution in [0, 0.1) is 0 Å². The summed E-state index contributed by atoms with van der Waals surface area (Å²) in [7, 11) is 0. The van der Waals surface area contributed by atoms with Crippen LogP contribution in [0.3, 0.4) is 0 Å². The lowest BCUT2D eigenvalue weighted by molar-refractivity contribution is -0.137. The van der Waals surface area contributed by atoms with Crippen molar-refractivity contribution in [3.05, 3.63) is 36.0 Å². The zero-order valence-corrected chi connectivity index (χ0v) is 8.49. The number of aromatic nitrogens is 4. The Morgan fingerprint density at radius 1 is 1.29 bits per heavy atom. The first-order valence-electron chi connectivity index (χ1n) is 4.67. The Kier molecular flexibility index (Phi) is 2.94. The van der Waals surface area contributed by atoms with Gasteiger partial charge in [-0.2, -0.15) is 18.3 Å². The quantitative estimate of drug-likeness (QED) is 0.863. The summed E-state index contributed by atoms with van der Waals surface area (Å²) >= 11 is 0. The predicted molar refractivity (Wildman–Crippen MR) is 52.9 cm³/mol. The van der Waals surface area contributed by atoms with Gasteiger partial charge in [0, 0.05) is 6.20 Å². The molecule has 0 saturated heterocycles. The molecule has 0 saturated carbocycles. The number of halogens is 3. The van der Waals surface area contributed by atoms with E-state index in [4.69, 9.17) is 0 Å². The van der Waals surface area contributed by atoms with Crippen molar-refractivity contribution in [1.29, 1.82) is 0 Å². The second-order valence-corrected chi connectivity index (χ2v) is 3.21. The van der Waals surface area contributed by atoms with Crippen LogP contribution in [0.5, 0.6) is 0 Å². The smallest absolute Gasteiger partial charge is 0.363 e. The highest BCUT2D eigenvalue weighted by atomic mass is 19.4. The Balaban J connectivity index is 2.07. The van der Waals surface area contributed by atoms with Gasteiger partial charge < -0.3 is 5.32 Å². The predicted octanol–water partition coefficient (Wildman–Crippen LogP) is 1.83. The lowest BCUT2D eigenvalue weighted by Crippen LogP contribution is -2.08. The second kappa shape index (κ2) is 4.40. The molecule has 0 spiro atoms. The maximum Gasteiger partial charge on any atom is 0.416 e. The SMILES string of the molecule is FC(F)(F)c1ccnc(NCc2ncn[nH]2)c1. The summed E-state index contributed by atoms with van der Waals surface area (Å²) < 4.78 is 37.2. The zero-order valence-electron chi connectivity index (χ0n) is 8.49. The molecule has 2 heterocycles. The minimum absolute atomic E-state index is 0.135. The van der Waals surface area contributed by atoms with Crippen molar-refractivity contribution < 1.29 is 13.2 Å². The van der Waals surface area contributed by atoms with Crippen LogP contribution in [-0.2, 0) is 12.7 Å². The summed E-state index contributed by atoms with van der Waals surface area (Å²) in [5.74, 6) is 0.653. The van der Waals surface area contributed by atoms with Crippen molar-refractivity contribution in [2.75, 3.05) is 5.32 Å². The van der Waals surface area contributed by atoms with E-state index in [1.807, 2.05) is 0 Å². The molecule has 0 aliphatic rings. The van der Waals surface area contributed by atoms with Gasteiger partial charge >= 0.3 is 6.18 Å². The van der Waals surface area contributed by atoms with Crippen LogP contribution >= 0.6 is 0 Å². The van der Waals surface area contributed by atoms with Crippen LogP contribution in [0.25, 0.3) is 0 Å². The number of hydrogen-bond donors (Lipinski definition) is 2. The number of rotatable bonds is 3. The molecule has 0 atom stereocenters. The van der Waals surface area contributed by atoms with Gasteiger partial charge in [0.1, 0.15) is 18.0 Å². The van der Waals surface area contributed by atoms with Crippen molar-refractivity contribution in [1.82, 2.24) is 20.2 Å². The summed E-state index contributed by atoms with van der Waals surface area (Å²) in [5, 5.41) is 8.91. The third-order valence-electron chi connectivity index (χ3n) is 1.99. The van der Waals surface area contributed by atoms with E-state index in [9.17, 15) is 13.2 Å². The van der Waals surface area contributed by atoms with E-state index >= 15 is 0 Å². The summed E-state index contributed by atoms with van der Waals surface area (Å²) in [6.07, 6.45) is -1.95. The van der Waals surface area contributed by atoms with E-state index in [0.717, 1.165) is 18.3 Å². The minimum atomic E-state index is -4.37. The first-order chi connectivity index (χ1) is 8.05. The number of nitrogens with one attached hydrogen (secondary N) is 2. The average molecular weight is 243 g/mol. The number of pyridine rings is 1. The molecule has 5 nitrogen and oxygen atoms in total. The van der Waals surface area contributed by atoms with E-state index in [-0.39, 0.29) is 12.4 Å². The number of aromatic amines is 1. The molecule has 2 aromatic heterocycles. The fourth-order valence-electron chi connectivity index (χ4n) is 1.19. The van der Waals surface area contributed by atoms with Gasteiger partial charge in [0.15, 0.2) is 0 Å². The third kappa shape index (κ3) is 2.92. The van der Waals surface area contributed by atoms with Crippen LogP contribution in [0.1, 0.15) is 11.4 Å². The molecule has 0 aromatic carbocycles. The molecule has 0 unspecified atom stereocenters. The molecule has 0 aliphatic heterocycles. The van der Waals surface area contributed by atoms with E-state index < -0.39 is 11.7 Å². The van der Waals surface area contributed by atoms with Crippen molar-refractivity contribution in [3.63, 3.8) is 0 Å². The molecule has 0 fully saturated rings. The summed E-state index contributed by atoms with van der Waals surface area (Å²) in [6.45, 7) is 0.230. The summed E-state index contributed by atoms with van der Waals surface area (Å²) in [4.78, 5) is 7.60. The van der Waals surface area contributed by atoms with Gasteiger partial charge in [0.25, 0.3) is 0 Å². The third-order valence-corrected chi connectivity index (χ3v) is 1.99. The van der Waals surface area contributed by atoms with Crippen LogP contribution in [0.4, 0.5) is 19.0 Å². The topological polar surface area (TPSA) is 66.5 Å². The highest BCUT2D eigenvalue weighted by Gasteiger charge is 2.30. The molecule has 0 bridgehead atoms. The second-order valence-electron chi connectivity index (χ2n) is 3.21. The Morgan fingerprint density at radius 2 is 2.12 bits per heavy atom. The summed E-state index contributed by atoms with van der Waals surface area (Å²) in [6, 6.07) is 1.86. The molecule has 2 rings (SSSR count). The first-order valence-corrected chi connectivity index (χ1v) is 4.67. The molecule has 0 aliphatic carbocycles. The van der Waals surface area contributed by atoms with Crippen LogP contribution in [0.15, 0.2) is 24.7 Å². The van der Waals surface area contributed by atoms with Gasteiger partial charge in [-0.15, -0.1) is 0 Å². The van der Waals surface area contributed by atoms with E-state index in [1.165, 1.54) is 6.33 Å². The van der Waals surface area contributed by atoms with Gasteiger partial charge in [-0.25, -0.2) is 9.97 Å². The maximum absolute atomic E-state index is 12.4. The van der Waals surface area contributed by atoms with Crippen LogP contribution < -0.4 is 5.32 Å². The molecule has 2 N–H and O–H groups in total. The normalized spacial score (nSPS) is 11.5. The molecule has 2 aromatic rings. The number of nitrogens with zero attached hydrogens (tertiary/aromatic N) is 3. The molecular formula is C9H8F3N5. The maximum atomic E-state index is 12.4.